The van der Waals surface area contributed by atoms with Gasteiger partial charge in [-0.15, -0.1) is 0 Å². The van der Waals surface area contributed by atoms with Gasteiger partial charge >= 0.3 is 0 Å². The first-order chi connectivity index (χ1) is 11.0. The molecule has 116 valence electrons. The van der Waals surface area contributed by atoms with Gasteiger partial charge in [0.1, 0.15) is 11.3 Å². The highest BCUT2D eigenvalue weighted by atomic mass is 35.5. The van der Waals surface area contributed by atoms with Crippen molar-refractivity contribution in [3.8, 4) is 0 Å². The summed E-state index contributed by atoms with van der Waals surface area (Å²) >= 11 is 5.94. The van der Waals surface area contributed by atoms with Gasteiger partial charge in [-0.25, -0.2) is 4.98 Å². The van der Waals surface area contributed by atoms with E-state index in [0.29, 0.717) is 33.3 Å². The number of rotatable bonds is 3. The molecule has 0 aliphatic rings. The lowest BCUT2D eigenvalue weighted by Gasteiger charge is -2.06. The van der Waals surface area contributed by atoms with Crippen LogP contribution in [0.15, 0.2) is 42.6 Å². The molecule has 2 heterocycles. The number of hydrogen-bond acceptors (Lipinski definition) is 3. The topological polar surface area (TPSA) is 89.5 Å². The van der Waals surface area contributed by atoms with Gasteiger partial charge < -0.3 is 11.1 Å². The molecule has 0 aliphatic carbocycles. The standard InChI is InChI=1S/C16H13ClN4O2/c1-9-14(21-7-6-11(17)8-13(21)19-9)16(23)20-12-4-2-10(3-5-12)15(18)22/h2-8H,1H3,(H2,18,22)(H,20,23). The van der Waals surface area contributed by atoms with Crippen LogP contribution in [0.2, 0.25) is 5.02 Å². The summed E-state index contributed by atoms with van der Waals surface area (Å²) in [5.41, 5.74) is 7.75. The van der Waals surface area contributed by atoms with Gasteiger partial charge in [-0.05, 0) is 37.3 Å². The summed E-state index contributed by atoms with van der Waals surface area (Å²) in [6.45, 7) is 1.76. The fourth-order valence-corrected chi connectivity index (χ4v) is 2.47. The van der Waals surface area contributed by atoms with Crippen molar-refractivity contribution in [3.05, 3.63) is 64.6 Å². The predicted molar refractivity (Wildman–Crippen MR) is 87.9 cm³/mol. The molecule has 0 spiro atoms. The Kier molecular flexibility index (Phi) is 3.75. The van der Waals surface area contributed by atoms with Crippen molar-refractivity contribution in [2.75, 3.05) is 5.32 Å². The van der Waals surface area contributed by atoms with E-state index < -0.39 is 5.91 Å². The largest absolute Gasteiger partial charge is 0.366 e. The van der Waals surface area contributed by atoms with E-state index in [4.69, 9.17) is 17.3 Å². The van der Waals surface area contributed by atoms with Crippen LogP contribution in [0.4, 0.5) is 5.69 Å². The number of anilines is 1. The minimum atomic E-state index is -0.516. The zero-order valence-corrected chi connectivity index (χ0v) is 13.0. The van der Waals surface area contributed by atoms with Crippen LogP contribution in [-0.2, 0) is 0 Å². The first-order valence-electron chi connectivity index (χ1n) is 6.81. The van der Waals surface area contributed by atoms with Gasteiger partial charge in [-0.1, -0.05) is 11.6 Å². The smallest absolute Gasteiger partial charge is 0.274 e. The first-order valence-corrected chi connectivity index (χ1v) is 7.19. The van der Waals surface area contributed by atoms with E-state index >= 15 is 0 Å². The summed E-state index contributed by atoms with van der Waals surface area (Å²) in [5.74, 6) is -0.818. The molecule has 0 unspecified atom stereocenters. The van der Waals surface area contributed by atoms with Crippen molar-refractivity contribution in [2.45, 2.75) is 6.92 Å². The Morgan fingerprint density at radius 1 is 1.22 bits per heavy atom. The molecule has 3 rings (SSSR count). The molecule has 0 saturated carbocycles. The van der Waals surface area contributed by atoms with Crippen LogP contribution in [0.5, 0.6) is 0 Å². The maximum atomic E-state index is 12.5. The molecule has 2 aromatic heterocycles. The zero-order chi connectivity index (χ0) is 16.6. The van der Waals surface area contributed by atoms with E-state index in [1.807, 2.05) is 0 Å². The predicted octanol–water partition coefficient (Wildman–Crippen LogP) is 2.65. The summed E-state index contributed by atoms with van der Waals surface area (Å²) in [4.78, 5) is 27.9. The van der Waals surface area contributed by atoms with Crippen molar-refractivity contribution in [3.63, 3.8) is 0 Å². The Balaban J connectivity index is 1.91. The van der Waals surface area contributed by atoms with Crippen molar-refractivity contribution < 1.29 is 9.59 Å². The number of carbonyl (C=O) groups is 2. The third-order valence-corrected chi connectivity index (χ3v) is 3.64. The van der Waals surface area contributed by atoms with Gasteiger partial charge in [0.2, 0.25) is 5.91 Å². The molecule has 0 atom stereocenters. The SMILES string of the molecule is Cc1nc2cc(Cl)ccn2c1C(=O)Nc1ccc(C(N)=O)cc1. The van der Waals surface area contributed by atoms with Gasteiger partial charge in [0.25, 0.3) is 5.91 Å². The van der Waals surface area contributed by atoms with Gasteiger partial charge in [0, 0.05) is 28.5 Å². The third-order valence-electron chi connectivity index (χ3n) is 3.40. The van der Waals surface area contributed by atoms with Crippen molar-refractivity contribution in [1.82, 2.24) is 9.38 Å². The zero-order valence-electron chi connectivity index (χ0n) is 12.2. The maximum absolute atomic E-state index is 12.5. The normalized spacial score (nSPS) is 10.7. The molecule has 3 aromatic rings. The number of halogens is 1. The van der Waals surface area contributed by atoms with Crippen LogP contribution in [0.1, 0.15) is 26.5 Å². The number of imidazole rings is 1. The fraction of sp³-hybridized carbons (Fsp3) is 0.0625. The molecule has 0 saturated heterocycles. The molecule has 3 N–H and O–H groups in total. The number of hydrogen-bond donors (Lipinski definition) is 2. The summed E-state index contributed by atoms with van der Waals surface area (Å²) in [6.07, 6.45) is 1.70. The number of aromatic nitrogens is 2. The van der Waals surface area contributed by atoms with Gasteiger partial charge in [0.05, 0.1) is 5.69 Å². The van der Waals surface area contributed by atoms with E-state index in [9.17, 15) is 9.59 Å². The van der Waals surface area contributed by atoms with E-state index in [2.05, 4.69) is 10.3 Å². The quantitative estimate of drug-likeness (QED) is 0.774. The molecule has 2 amide bonds. The van der Waals surface area contributed by atoms with Crippen LogP contribution >= 0.6 is 11.6 Å². The number of carbonyl (C=O) groups excluding carboxylic acids is 2. The number of nitrogens with one attached hydrogen (secondary N) is 1. The lowest BCUT2D eigenvalue weighted by molar-refractivity contribution is 0.0997. The highest BCUT2D eigenvalue weighted by Crippen LogP contribution is 2.18. The minimum Gasteiger partial charge on any atom is -0.366 e. The van der Waals surface area contributed by atoms with E-state index in [-0.39, 0.29) is 5.91 Å². The molecular formula is C16H13ClN4O2. The minimum absolute atomic E-state index is 0.302. The molecule has 7 heteroatoms. The summed E-state index contributed by atoms with van der Waals surface area (Å²) in [7, 11) is 0. The Hall–Kier alpha value is -2.86. The Morgan fingerprint density at radius 3 is 2.57 bits per heavy atom. The molecule has 23 heavy (non-hydrogen) atoms. The molecule has 6 nitrogen and oxygen atoms in total. The lowest BCUT2D eigenvalue weighted by atomic mass is 10.2. The number of pyridine rings is 1. The Bertz CT molecular complexity index is 916. The Labute approximate surface area is 136 Å². The summed E-state index contributed by atoms with van der Waals surface area (Å²) in [5, 5.41) is 3.33. The summed E-state index contributed by atoms with van der Waals surface area (Å²) in [6, 6.07) is 9.72. The number of benzene rings is 1. The molecule has 0 radical (unpaired) electrons. The molecular weight excluding hydrogens is 316 g/mol. The average Bonchev–Trinajstić information content (AvgIpc) is 2.82. The number of aryl methyl sites for hydroxylation is 1. The van der Waals surface area contributed by atoms with Crippen LogP contribution in [-0.4, -0.2) is 21.2 Å². The van der Waals surface area contributed by atoms with Crippen molar-refractivity contribution >= 4 is 34.7 Å². The number of nitrogens with zero attached hydrogens (tertiary/aromatic N) is 2. The number of amides is 2. The third kappa shape index (κ3) is 2.89. The van der Waals surface area contributed by atoms with Crippen molar-refractivity contribution in [1.29, 1.82) is 0 Å². The Morgan fingerprint density at radius 2 is 1.91 bits per heavy atom. The molecule has 1 aromatic carbocycles. The van der Waals surface area contributed by atoms with Crippen LogP contribution in [0.3, 0.4) is 0 Å². The second-order valence-electron chi connectivity index (χ2n) is 5.01. The van der Waals surface area contributed by atoms with Crippen LogP contribution < -0.4 is 11.1 Å². The second-order valence-corrected chi connectivity index (χ2v) is 5.45. The number of nitrogens with two attached hydrogens (primary N) is 1. The molecule has 0 fully saturated rings. The first kappa shape index (κ1) is 15.1. The highest BCUT2D eigenvalue weighted by Gasteiger charge is 2.17. The molecule has 0 aliphatic heterocycles. The second kappa shape index (κ2) is 5.73. The van der Waals surface area contributed by atoms with E-state index in [0.717, 1.165) is 0 Å². The van der Waals surface area contributed by atoms with Gasteiger partial charge in [-0.3, -0.25) is 14.0 Å². The van der Waals surface area contributed by atoms with Crippen LogP contribution in [0, 0.1) is 6.92 Å². The molecule has 0 bridgehead atoms. The summed E-state index contributed by atoms with van der Waals surface area (Å²) < 4.78 is 1.67. The average molecular weight is 329 g/mol. The van der Waals surface area contributed by atoms with Gasteiger partial charge in [-0.2, -0.15) is 0 Å². The van der Waals surface area contributed by atoms with E-state index in [1.54, 1.807) is 53.9 Å². The highest BCUT2D eigenvalue weighted by molar-refractivity contribution is 6.30. The monoisotopic (exact) mass is 328 g/mol. The van der Waals surface area contributed by atoms with E-state index in [1.165, 1.54) is 0 Å². The number of fused-ring (bicyclic) bond motifs is 1. The maximum Gasteiger partial charge on any atom is 0.274 e. The fourth-order valence-electron chi connectivity index (χ4n) is 2.32. The number of primary amides is 1. The van der Waals surface area contributed by atoms with Gasteiger partial charge in [0.15, 0.2) is 0 Å². The van der Waals surface area contributed by atoms with Crippen LogP contribution in [0.25, 0.3) is 5.65 Å². The van der Waals surface area contributed by atoms with Crippen molar-refractivity contribution in [2.24, 2.45) is 5.73 Å². The lowest BCUT2D eigenvalue weighted by Crippen LogP contribution is -2.16.